The van der Waals surface area contributed by atoms with Crippen LogP contribution < -0.4 is 0 Å². The Balaban J connectivity index is 3.16. The third-order valence-electron chi connectivity index (χ3n) is 6.24. The van der Waals surface area contributed by atoms with Crippen molar-refractivity contribution >= 4 is 0 Å². The highest BCUT2D eigenvalue weighted by Gasteiger charge is 2.56. The van der Waals surface area contributed by atoms with E-state index in [0.29, 0.717) is 16.4 Å². The average Bonchev–Trinajstić information content (AvgIpc) is 2.10. The number of nitrogens with zero attached hydrogens (tertiary/aromatic N) is 1. The summed E-state index contributed by atoms with van der Waals surface area (Å²) in [6.07, 6.45) is 2.67. The van der Waals surface area contributed by atoms with E-state index in [4.69, 9.17) is 0 Å². The summed E-state index contributed by atoms with van der Waals surface area (Å²) in [5, 5.41) is 0. The van der Waals surface area contributed by atoms with Crippen molar-refractivity contribution in [3.8, 4) is 0 Å². The van der Waals surface area contributed by atoms with Crippen molar-refractivity contribution in [3.05, 3.63) is 0 Å². The van der Waals surface area contributed by atoms with Crippen molar-refractivity contribution in [2.75, 3.05) is 14.1 Å². The van der Waals surface area contributed by atoms with Gasteiger partial charge in [-0.05, 0) is 50.6 Å². The third kappa shape index (κ3) is 1.54. The molecule has 0 spiro atoms. The molecule has 1 rings (SSSR count). The van der Waals surface area contributed by atoms with E-state index in [9.17, 15) is 0 Å². The Morgan fingerprint density at radius 2 is 1.47 bits per heavy atom. The zero-order chi connectivity index (χ0) is 12.1. The molecule has 1 aliphatic rings. The van der Waals surface area contributed by atoms with Gasteiger partial charge in [-0.3, -0.25) is 0 Å². The summed E-state index contributed by atoms with van der Waals surface area (Å²) < 4.78 is 0. The Labute approximate surface area is 96.2 Å². The quantitative estimate of drug-likeness (QED) is 0.638. The van der Waals surface area contributed by atoms with E-state index < -0.39 is 0 Å². The van der Waals surface area contributed by atoms with Crippen molar-refractivity contribution in [2.24, 2.45) is 16.7 Å². The standard InChI is InChI=1S/C14H29N/c1-11-9-10-14(6,15(7)8)13(4,5)12(11,2)3/h11H,9-10H2,1-8H3. The SMILES string of the molecule is CC1CCC(C)(N(C)C)C(C)(C)C1(C)C. The molecule has 0 aliphatic heterocycles. The van der Waals surface area contributed by atoms with Crippen LogP contribution in [0, 0.1) is 16.7 Å². The van der Waals surface area contributed by atoms with Gasteiger partial charge in [0.15, 0.2) is 0 Å². The molecule has 0 saturated heterocycles. The van der Waals surface area contributed by atoms with Crippen molar-refractivity contribution < 1.29 is 0 Å². The molecule has 2 unspecified atom stereocenters. The molecule has 1 nitrogen and oxygen atoms in total. The molecule has 1 aliphatic carbocycles. The predicted molar refractivity (Wildman–Crippen MR) is 68.1 cm³/mol. The normalized spacial score (nSPS) is 39.4. The summed E-state index contributed by atoms with van der Waals surface area (Å²) in [6.45, 7) is 14.6. The summed E-state index contributed by atoms with van der Waals surface area (Å²) in [7, 11) is 4.46. The van der Waals surface area contributed by atoms with E-state index in [1.807, 2.05) is 0 Å². The molecular weight excluding hydrogens is 182 g/mol. The first-order valence-corrected chi connectivity index (χ1v) is 6.25. The molecule has 0 N–H and O–H groups in total. The smallest absolute Gasteiger partial charge is 0.0231 e. The van der Waals surface area contributed by atoms with Crippen molar-refractivity contribution in [1.29, 1.82) is 0 Å². The van der Waals surface area contributed by atoms with Crippen molar-refractivity contribution in [1.82, 2.24) is 4.90 Å². The van der Waals surface area contributed by atoms with Crippen LogP contribution >= 0.6 is 0 Å². The lowest BCUT2D eigenvalue weighted by Gasteiger charge is -2.62. The van der Waals surface area contributed by atoms with E-state index in [1.165, 1.54) is 12.8 Å². The van der Waals surface area contributed by atoms with Crippen LogP contribution in [0.2, 0.25) is 0 Å². The molecule has 0 amide bonds. The lowest BCUT2D eigenvalue weighted by Crippen LogP contribution is -2.63. The van der Waals surface area contributed by atoms with Gasteiger partial charge in [-0.2, -0.15) is 0 Å². The molecule has 90 valence electrons. The van der Waals surface area contributed by atoms with Gasteiger partial charge in [0.1, 0.15) is 0 Å². The Hall–Kier alpha value is -0.0400. The van der Waals surface area contributed by atoms with Crippen molar-refractivity contribution in [2.45, 2.75) is 59.9 Å². The minimum absolute atomic E-state index is 0.322. The van der Waals surface area contributed by atoms with Gasteiger partial charge in [-0.15, -0.1) is 0 Å². The summed E-state index contributed by atoms with van der Waals surface area (Å²) in [5.41, 5.74) is 1.08. The second-order valence-electron chi connectivity index (χ2n) is 6.95. The van der Waals surface area contributed by atoms with Gasteiger partial charge in [0, 0.05) is 5.54 Å². The van der Waals surface area contributed by atoms with Gasteiger partial charge in [0.05, 0.1) is 0 Å². The molecule has 2 atom stereocenters. The van der Waals surface area contributed by atoms with Gasteiger partial charge in [0.25, 0.3) is 0 Å². The van der Waals surface area contributed by atoms with E-state index >= 15 is 0 Å². The minimum Gasteiger partial charge on any atom is -0.303 e. The third-order valence-corrected chi connectivity index (χ3v) is 6.24. The molecule has 15 heavy (non-hydrogen) atoms. The average molecular weight is 211 g/mol. The van der Waals surface area contributed by atoms with E-state index in [-0.39, 0.29) is 0 Å². The van der Waals surface area contributed by atoms with Gasteiger partial charge < -0.3 is 4.90 Å². The Morgan fingerprint density at radius 3 is 1.87 bits per heavy atom. The summed E-state index contributed by atoms with van der Waals surface area (Å²) in [5.74, 6) is 0.820. The molecule has 0 bridgehead atoms. The lowest BCUT2D eigenvalue weighted by molar-refractivity contribution is -0.119. The van der Waals surface area contributed by atoms with Crippen LogP contribution in [0.1, 0.15) is 54.4 Å². The van der Waals surface area contributed by atoms with Gasteiger partial charge in [0.2, 0.25) is 0 Å². The highest BCUT2D eigenvalue weighted by atomic mass is 15.2. The van der Waals surface area contributed by atoms with E-state index in [2.05, 4.69) is 60.5 Å². The molecule has 0 aromatic heterocycles. The van der Waals surface area contributed by atoms with Crippen molar-refractivity contribution in [3.63, 3.8) is 0 Å². The topological polar surface area (TPSA) is 3.24 Å². The van der Waals surface area contributed by atoms with Crippen LogP contribution in [-0.4, -0.2) is 24.5 Å². The fraction of sp³-hybridized carbons (Fsp3) is 1.00. The molecule has 1 saturated carbocycles. The minimum atomic E-state index is 0.322. The molecule has 1 heteroatoms. The second-order valence-corrected chi connectivity index (χ2v) is 6.95. The summed E-state index contributed by atoms with van der Waals surface area (Å²) >= 11 is 0. The van der Waals surface area contributed by atoms with Gasteiger partial charge in [-0.1, -0.05) is 34.6 Å². The lowest BCUT2D eigenvalue weighted by atomic mass is 9.48. The molecule has 0 aromatic rings. The monoisotopic (exact) mass is 211 g/mol. The largest absolute Gasteiger partial charge is 0.303 e. The first kappa shape index (κ1) is 13.0. The Kier molecular flexibility index (Phi) is 3.02. The Morgan fingerprint density at radius 1 is 1.00 bits per heavy atom. The van der Waals surface area contributed by atoms with Crippen LogP contribution in [0.25, 0.3) is 0 Å². The van der Waals surface area contributed by atoms with Crippen LogP contribution in [0.5, 0.6) is 0 Å². The highest BCUT2D eigenvalue weighted by Crippen LogP contribution is 2.58. The van der Waals surface area contributed by atoms with Crippen LogP contribution in [0.3, 0.4) is 0 Å². The zero-order valence-corrected chi connectivity index (χ0v) is 11.9. The number of rotatable bonds is 1. The van der Waals surface area contributed by atoms with Gasteiger partial charge in [-0.25, -0.2) is 0 Å². The first-order chi connectivity index (χ1) is 6.57. The van der Waals surface area contributed by atoms with Crippen LogP contribution in [0.15, 0.2) is 0 Å². The predicted octanol–water partition coefficient (Wildman–Crippen LogP) is 3.79. The molecule has 0 heterocycles. The second kappa shape index (κ2) is 3.48. The number of hydrogen-bond acceptors (Lipinski definition) is 1. The molecule has 0 aromatic carbocycles. The van der Waals surface area contributed by atoms with Crippen LogP contribution in [0.4, 0.5) is 0 Å². The maximum absolute atomic E-state index is 2.45. The molecule has 1 fully saturated rings. The zero-order valence-electron chi connectivity index (χ0n) is 11.9. The molecular formula is C14H29N. The summed E-state index contributed by atoms with van der Waals surface area (Å²) in [4.78, 5) is 2.43. The first-order valence-electron chi connectivity index (χ1n) is 6.25. The van der Waals surface area contributed by atoms with E-state index in [1.54, 1.807) is 0 Å². The Bertz CT molecular complexity index is 240. The van der Waals surface area contributed by atoms with E-state index in [0.717, 1.165) is 5.92 Å². The van der Waals surface area contributed by atoms with Gasteiger partial charge >= 0.3 is 0 Å². The van der Waals surface area contributed by atoms with Crippen LogP contribution in [-0.2, 0) is 0 Å². The fourth-order valence-corrected chi connectivity index (χ4v) is 3.26. The summed E-state index contributed by atoms with van der Waals surface area (Å²) in [6, 6.07) is 0. The maximum atomic E-state index is 2.45. The number of hydrogen-bond donors (Lipinski definition) is 0. The highest BCUT2D eigenvalue weighted by molar-refractivity contribution is 5.08. The molecule has 0 radical (unpaired) electrons. The maximum Gasteiger partial charge on any atom is 0.0231 e. The fourth-order valence-electron chi connectivity index (χ4n) is 3.26.